The third-order valence-electron chi connectivity index (χ3n) is 2.50. The van der Waals surface area contributed by atoms with E-state index in [-0.39, 0.29) is 22.3 Å². The van der Waals surface area contributed by atoms with Crippen molar-refractivity contribution >= 4 is 21.6 Å². The first-order chi connectivity index (χ1) is 8.90. The fourth-order valence-corrected chi connectivity index (χ4v) is 3.23. The van der Waals surface area contributed by atoms with Gasteiger partial charge in [0, 0.05) is 13.6 Å². The van der Waals surface area contributed by atoms with Crippen LogP contribution in [0.2, 0.25) is 5.02 Å². The molecule has 0 unspecified atom stereocenters. The molecule has 0 aliphatic carbocycles. The Morgan fingerprint density at radius 2 is 2.00 bits per heavy atom. The van der Waals surface area contributed by atoms with Crippen molar-refractivity contribution in [2.45, 2.75) is 11.6 Å². The van der Waals surface area contributed by atoms with Gasteiger partial charge in [-0.05, 0) is 17.7 Å². The van der Waals surface area contributed by atoms with Crippen LogP contribution < -0.4 is 4.72 Å². The number of aryl methyl sites for hydroxylation is 1. The summed E-state index contributed by atoms with van der Waals surface area (Å²) < 4.78 is 27.8. The van der Waals surface area contributed by atoms with E-state index >= 15 is 0 Å². The van der Waals surface area contributed by atoms with E-state index < -0.39 is 10.0 Å². The summed E-state index contributed by atoms with van der Waals surface area (Å²) in [6.45, 7) is 0.101. The minimum Gasteiger partial charge on any atom is -0.508 e. The summed E-state index contributed by atoms with van der Waals surface area (Å²) in [6, 6.07) is 6.23. The predicted octanol–water partition coefficient (Wildman–Crippen LogP) is 1.26. The molecule has 0 spiro atoms. The second kappa shape index (κ2) is 5.20. The lowest BCUT2D eigenvalue weighted by Crippen LogP contribution is -2.25. The average Bonchev–Trinajstić information content (AvgIpc) is 2.69. The van der Waals surface area contributed by atoms with Crippen LogP contribution >= 0.6 is 11.6 Å². The van der Waals surface area contributed by atoms with Crippen LogP contribution in [0.4, 0.5) is 0 Å². The fourth-order valence-electron chi connectivity index (χ4n) is 1.56. The highest BCUT2D eigenvalue weighted by molar-refractivity contribution is 7.89. The van der Waals surface area contributed by atoms with Gasteiger partial charge in [-0.1, -0.05) is 23.7 Å². The Morgan fingerprint density at radius 3 is 2.53 bits per heavy atom. The number of aromatic nitrogens is 2. The van der Waals surface area contributed by atoms with Gasteiger partial charge >= 0.3 is 0 Å². The number of aromatic hydroxyl groups is 1. The number of phenolic OH excluding ortho intramolecular Hbond substituents is 1. The number of rotatable bonds is 4. The number of halogens is 1. The van der Waals surface area contributed by atoms with E-state index in [1.165, 1.54) is 30.1 Å². The van der Waals surface area contributed by atoms with Crippen molar-refractivity contribution in [1.82, 2.24) is 14.5 Å². The molecule has 0 aliphatic heterocycles. The van der Waals surface area contributed by atoms with Gasteiger partial charge < -0.3 is 5.11 Å². The highest BCUT2D eigenvalue weighted by Crippen LogP contribution is 2.19. The minimum absolute atomic E-state index is 0.0701. The molecule has 0 atom stereocenters. The second-order valence-electron chi connectivity index (χ2n) is 3.91. The topological polar surface area (TPSA) is 84.2 Å². The Kier molecular flexibility index (Phi) is 3.79. The Morgan fingerprint density at radius 1 is 1.37 bits per heavy atom. The second-order valence-corrected chi connectivity index (χ2v) is 6.00. The maximum atomic E-state index is 12.1. The smallest absolute Gasteiger partial charge is 0.259 e. The summed E-state index contributed by atoms with van der Waals surface area (Å²) in [4.78, 5) is 0. The van der Waals surface area contributed by atoms with E-state index in [0.717, 1.165) is 5.56 Å². The lowest BCUT2D eigenvalue weighted by molar-refractivity contribution is 0.475. The summed E-state index contributed by atoms with van der Waals surface area (Å²) in [7, 11) is -2.23. The summed E-state index contributed by atoms with van der Waals surface area (Å²) in [5, 5.41) is 12.9. The van der Waals surface area contributed by atoms with Gasteiger partial charge in [-0.15, -0.1) is 0 Å². The lowest BCUT2D eigenvalue weighted by Gasteiger charge is -2.07. The van der Waals surface area contributed by atoms with Crippen LogP contribution in [-0.2, 0) is 23.6 Å². The van der Waals surface area contributed by atoms with Crippen molar-refractivity contribution in [3.63, 3.8) is 0 Å². The molecule has 0 fully saturated rings. The van der Waals surface area contributed by atoms with Crippen LogP contribution in [0, 0.1) is 0 Å². The highest BCUT2D eigenvalue weighted by Gasteiger charge is 2.22. The first-order valence-electron chi connectivity index (χ1n) is 5.35. The molecule has 0 amide bonds. The van der Waals surface area contributed by atoms with E-state index in [2.05, 4.69) is 9.82 Å². The standard InChI is InChI=1S/C11H12ClN3O3S/c1-15-11(10(12)7-13-15)19(17,18)14-6-8-2-4-9(16)5-3-8/h2-5,7,14,16H,6H2,1H3. The molecule has 0 aliphatic rings. The quantitative estimate of drug-likeness (QED) is 0.890. The van der Waals surface area contributed by atoms with Gasteiger partial charge in [0.2, 0.25) is 0 Å². The summed E-state index contributed by atoms with van der Waals surface area (Å²) in [5.41, 5.74) is 0.722. The SMILES string of the molecule is Cn1ncc(Cl)c1S(=O)(=O)NCc1ccc(O)cc1. The molecule has 102 valence electrons. The van der Waals surface area contributed by atoms with Crippen molar-refractivity contribution in [2.75, 3.05) is 0 Å². The van der Waals surface area contributed by atoms with Gasteiger partial charge in [-0.2, -0.15) is 5.10 Å². The Hall–Kier alpha value is -1.57. The zero-order chi connectivity index (χ0) is 14.0. The van der Waals surface area contributed by atoms with Gasteiger partial charge in [-0.25, -0.2) is 13.1 Å². The predicted molar refractivity (Wildman–Crippen MR) is 70.4 cm³/mol. The number of sulfonamides is 1. The average molecular weight is 302 g/mol. The van der Waals surface area contributed by atoms with Gasteiger partial charge in [0.05, 0.1) is 11.2 Å². The molecular formula is C11H12ClN3O3S. The fraction of sp³-hybridized carbons (Fsp3) is 0.182. The molecule has 2 rings (SSSR count). The van der Waals surface area contributed by atoms with Gasteiger partial charge in [0.15, 0.2) is 5.03 Å². The van der Waals surface area contributed by atoms with E-state index in [4.69, 9.17) is 16.7 Å². The molecule has 2 N–H and O–H groups in total. The molecule has 0 saturated carbocycles. The van der Waals surface area contributed by atoms with E-state index in [1.54, 1.807) is 12.1 Å². The Bertz CT molecular complexity index is 660. The molecule has 6 nitrogen and oxygen atoms in total. The maximum absolute atomic E-state index is 12.1. The van der Waals surface area contributed by atoms with Gasteiger partial charge in [0.25, 0.3) is 10.0 Å². The third-order valence-corrected chi connectivity index (χ3v) is 4.41. The van der Waals surface area contributed by atoms with E-state index in [9.17, 15) is 8.42 Å². The maximum Gasteiger partial charge on any atom is 0.259 e. The monoisotopic (exact) mass is 301 g/mol. The number of hydrogen-bond acceptors (Lipinski definition) is 4. The number of hydrogen-bond donors (Lipinski definition) is 2. The van der Waals surface area contributed by atoms with Crippen molar-refractivity contribution in [2.24, 2.45) is 7.05 Å². The molecule has 2 aromatic rings. The van der Waals surface area contributed by atoms with Crippen LogP contribution in [0.15, 0.2) is 35.5 Å². The summed E-state index contributed by atoms with van der Waals surface area (Å²) >= 11 is 5.80. The van der Waals surface area contributed by atoms with Crippen molar-refractivity contribution in [3.8, 4) is 5.75 Å². The number of benzene rings is 1. The highest BCUT2D eigenvalue weighted by atomic mass is 35.5. The molecule has 0 radical (unpaired) electrons. The molecule has 19 heavy (non-hydrogen) atoms. The molecular weight excluding hydrogens is 290 g/mol. The minimum atomic E-state index is -3.73. The first-order valence-corrected chi connectivity index (χ1v) is 7.21. The Labute approximate surface area is 115 Å². The lowest BCUT2D eigenvalue weighted by atomic mass is 10.2. The molecule has 1 aromatic heterocycles. The zero-order valence-electron chi connectivity index (χ0n) is 10.0. The number of nitrogens with zero attached hydrogens (tertiary/aromatic N) is 2. The number of nitrogens with one attached hydrogen (secondary N) is 1. The third kappa shape index (κ3) is 3.06. The van der Waals surface area contributed by atoms with Crippen molar-refractivity contribution in [1.29, 1.82) is 0 Å². The summed E-state index contributed by atoms with van der Waals surface area (Å²) in [6.07, 6.45) is 1.27. The van der Waals surface area contributed by atoms with Gasteiger partial charge in [-0.3, -0.25) is 4.68 Å². The van der Waals surface area contributed by atoms with E-state index in [0.29, 0.717) is 0 Å². The summed E-state index contributed by atoms with van der Waals surface area (Å²) in [5.74, 6) is 0.126. The molecule has 1 heterocycles. The van der Waals surface area contributed by atoms with Crippen LogP contribution in [0.3, 0.4) is 0 Å². The number of phenols is 1. The zero-order valence-corrected chi connectivity index (χ0v) is 11.6. The molecule has 1 aromatic carbocycles. The molecule has 0 saturated heterocycles. The Balaban J connectivity index is 2.17. The first kappa shape index (κ1) is 13.9. The van der Waals surface area contributed by atoms with Crippen LogP contribution in [0.1, 0.15) is 5.56 Å². The van der Waals surface area contributed by atoms with Crippen LogP contribution in [0.25, 0.3) is 0 Å². The normalized spacial score (nSPS) is 11.7. The van der Waals surface area contributed by atoms with E-state index in [1.807, 2.05) is 0 Å². The largest absolute Gasteiger partial charge is 0.508 e. The van der Waals surface area contributed by atoms with Crippen LogP contribution in [-0.4, -0.2) is 23.3 Å². The van der Waals surface area contributed by atoms with Crippen molar-refractivity contribution < 1.29 is 13.5 Å². The molecule has 0 bridgehead atoms. The molecule has 8 heteroatoms. The van der Waals surface area contributed by atoms with Gasteiger partial charge in [0.1, 0.15) is 5.75 Å². The van der Waals surface area contributed by atoms with Crippen LogP contribution in [0.5, 0.6) is 5.75 Å². The van der Waals surface area contributed by atoms with Crippen molar-refractivity contribution in [3.05, 3.63) is 41.0 Å².